The first kappa shape index (κ1) is 12.2. The summed E-state index contributed by atoms with van der Waals surface area (Å²) in [5.74, 6) is 0.0105. The maximum absolute atomic E-state index is 11.5. The highest BCUT2D eigenvalue weighted by Gasteiger charge is 2.28. The van der Waals surface area contributed by atoms with Crippen LogP contribution in [0.25, 0.3) is 0 Å². The molecule has 0 spiro atoms. The summed E-state index contributed by atoms with van der Waals surface area (Å²) in [4.78, 5) is 39.2. The van der Waals surface area contributed by atoms with Crippen LogP contribution in [0.1, 0.15) is 25.1 Å². The number of nitrogens with one attached hydrogen (secondary N) is 2. The van der Waals surface area contributed by atoms with E-state index in [-0.39, 0.29) is 49.5 Å². The average molecular weight is 251 g/mol. The number of carbonyl (C=O) groups excluding carboxylic acids is 3. The van der Waals surface area contributed by atoms with Crippen LogP contribution < -0.4 is 5.32 Å². The van der Waals surface area contributed by atoms with Crippen LogP contribution in [0.2, 0.25) is 0 Å². The van der Waals surface area contributed by atoms with Crippen molar-refractivity contribution in [1.29, 1.82) is 0 Å². The van der Waals surface area contributed by atoms with E-state index in [0.29, 0.717) is 5.82 Å². The summed E-state index contributed by atoms with van der Waals surface area (Å²) in [6, 6.07) is 0. The Bertz CT molecular complexity index is 479. The molecule has 1 fully saturated rings. The molecule has 0 radical (unpaired) electrons. The summed E-state index contributed by atoms with van der Waals surface area (Å²) in [5, 5.41) is 8.82. The van der Waals surface area contributed by atoms with Crippen molar-refractivity contribution < 1.29 is 14.4 Å². The smallest absolute Gasteiger partial charge is 0.248 e. The molecule has 1 saturated heterocycles. The Kier molecular flexibility index (Phi) is 3.35. The van der Waals surface area contributed by atoms with E-state index in [9.17, 15) is 14.4 Å². The van der Waals surface area contributed by atoms with Crippen LogP contribution in [-0.4, -0.2) is 44.3 Å². The van der Waals surface area contributed by atoms with E-state index in [1.807, 2.05) is 0 Å². The number of likely N-dealkylation sites (tertiary alicyclic amines) is 1. The van der Waals surface area contributed by atoms with Crippen molar-refractivity contribution in [2.24, 2.45) is 0 Å². The molecule has 0 unspecified atom stereocenters. The standard InChI is InChI=1S/C10H13N5O3/c1-6-11-10(14-13-6)12-7(16)4-5-15-8(17)2-3-9(15)18/h2-5H2,1H3,(H2,11,12,13,14,16). The van der Waals surface area contributed by atoms with Crippen molar-refractivity contribution >= 4 is 23.7 Å². The quantitative estimate of drug-likeness (QED) is 0.707. The van der Waals surface area contributed by atoms with E-state index >= 15 is 0 Å². The monoisotopic (exact) mass is 251 g/mol. The summed E-state index contributed by atoms with van der Waals surface area (Å²) < 4.78 is 0. The Morgan fingerprint density at radius 3 is 2.61 bits per heavy atom. The molecule has 3 amide bonds. The Hall–Kier alpha value is -2.25. The Morgan fingerprint density at radius 1 is 1.39 bits per heavy atom. The molecule has 0 aliphatic carbocycles. The van der Waals surface area contributed by atoms with Crippen molar-refractivity contribution in [2.75, 3.05) is 11.9 Å². The molecule has 0 saturated carbocycles. The molecule has 0 aromatic carbocycles. The number of hydrogen-bond acceptors (Lipinski definition) is 5. The van der Waals surface area contributed by atoms with Gasteiger partial charge in [0.05, 0.1) is 0 Å². The molecule has 1 aliphatic heterocycles. The fourth-order valence-corrected chi connectivity index (χ4v) is 1.67. The first-order chi connectivity index (χ1) is 8.56. The number of H-pyrrole nitrogens is 1. The number of nitrogens with zero attached hydrogens (tertiary/aromatic N) is 3. The lowest BCUT2D eigenvalue weighted by molar-refractivity contribution is -0.138. The van der Waals surface area contributed by atoms with Crippen LogP contribution in [0.3, 0.4) is 0 Å². The average Bonchev–Trinajstić information content (AvgIpc) is 2.84. The van der Waals surface area contributed by atoms with E-state index in [0.717, 1.165) is 4.90 Å². The largest absolute Gasteiger partial charge is 0.293 e. The molecule has 1 aromatic rings. The normalized spacial score (nSPS) is 15.3. The van der Waals surface area contributed by atoms with Gasteiger partial charge >= 0.3 is 0 Å². The van der Waals surface area contributed by atoms with Gasteiger partial charge in [-0.3, -0.25) is 29.7 Å². The Morgan fingerprint density at radius 2 is 2.06 bits per heavy atom. The molecule has 0 atom stereocenters. The maximum Gasteiger partial charge on any atom is 0.248 e. The number of anilines is 1. The summed E-state index contributed by atoms with van der Waals surface area (Å²) in [7, 11) is 0. The van der Waals surface area contributed by atoms with Gasteiger partial charge in [-0.1, -0.05) is 0 Å². The molecule has 2 heterocycles. The fourth-order valence-electron chi connectivity index (χ4n) is 1.67. The van der Waals surface area contributed by atoms with Crippen molar-refractivity contribution in [3.63, 3.8) is 0 Å². The Labute approximate surface area is 103 Å². The summed E-state index contributed by atoms with van der Waals surface area (Å²) in [5.41, 5.74) is 0. The highest BCUT2D eigenvalue weighted by Crippen LogP contribution is 2.12. The zero-order valence-corrected chi connectivity index (χ0v) is 9.89. The molecule has 1 aromatic heterocycles. The van der Waals surface area contributed by atoms with Crippen LogP contribution >= 0.6 is 0 Å². The lowest BCUT2D eigenvalue weighted by Crippen LogP contribution is -2.32. The van der Waals surface area contributed by atoms with Crippen LogP contribution in [0.15, 0.2) is 0 Å². The molecule has 8 nitrogen and oxygen atoms in total. The molecular formula is C10H13N5O3. The molecule has 0 bridgehead atoms. The second-order valence-corrected chi connectivity index (χ2v) is 3.98. The topological polar surface area (TPSA) is 108 Å². The summed E-state index contributed by atoms with van der Waals surface area (Å²) >= 11 is 0. The van der Waals surface area contributed by atoms with E-state index in [1.54, 1.807) is 6.92 Å². The lowest BCUT2D eigenvalue weighted by Gasteiger charge is -2.12. The van der Waals surface area contributed by atoms with Gasteiger partial charge in [0.2, 0.25) is 23.7 Å². The number of carbonyl (C=O) groups is 3. The van der Waals surface area contributed by atoms with Crippen molar-refractivity contribution in [3.05, 3.63) is 5.82 Å². The van der Waals surface area contributed by atoms with Gasteiger partial charge in [0, 0.05) is 25.8 Å². The van der Waals surface area contributed by atoms with Crippen LogP contribution in [0, 0.1) is 6.92 Å². The predicted octanol–water partition coefficient (Wildman–Crippen LogP) is -0.409. The predicted molar refractivity (Wildman–Crippen MR) is 60.3 cm³/mol. The molecule has 1 aliphatic rings. The van der Waals surface area contributed by atoms with Crippen molar-refractivity contribution in [1.82, 2.24) is 20.1 Å². The minimum absolute atomic E-state index is 0.0467. The SMILES string of the molecule is Cc1nc(NC(=O)CCN2C(=O)CCC2=O)n[nH]1. The zero-order valence-electron chi connectivity index (χ0n) is 9.89. The molecular weight excluding hydrogens is 238 g/mol. The Balaban J connectivity index is 1.81. The van der Waals surface area contributed by atoms with E-state index < -0.39 is 0 Å². The minimum atomic E-state index is -0.332. The third-order valence-electron chi connectivity index (χ3n) is 2.57. The highest BCUT2D eigenvalue weighted by atomic mass is 16.2. The van der Waals surface area contributed by atoms with Gasteiger partial charge in [-0.25, -0.2) is 0 Å². The van der Waals surface area contributed by atoms with Crippen molar-refractivity contribution in [3.8, 4) is 0 Å². The second-order valence-electron chi connectivity index (χ2n) is 3.98. The second kappa shape index (κ2) is 4.94. The van der Waals surface area contributed by atoms with E-state index in [1.165, 1.54) is 0 Å². The van der Waals surface area contributed by atoms with Gasteiger partial charge < -0.3 is 0 Å². The van der Waals surface area contributed by atoms with Gasteiger partial charge in [0.25, 0.3) is 0 Å². The lowest BCUT2D eigenvalue weighted by atomic mass is 10.3. The molecule has 2 rings (SSSR count). The van der Waals surface area contributed by atoms with Gasteiger partial charge in [-0.05, 0) is 6.92 Å². The van der Waals surface area contributed by atoms with Crippen LogP contribution in [-0.2, 0) is 14.4 Å². The van der Waals surface area contributed by atoms with Gasteiger partial charge in [-0.15, -0.1) is 5.10 Å². The number of aromatic amines is 1. The van der Waals surface area contributed by atoms with Crippen LogP contribution in [0.5, 0.6) is 0 Å². The van der Waals surface area contributed by atoms with E-state index in [4.69, 9.17) is 0 Å². The zero-order chi connectivity index (χ0) is 13.1. The summed E-state index contributed by atoms with van der Waals surface area (Å²) in [6.07, 6.45) is 0.520. The third-order valence-corrected chi connectivity index (χ3v) is 2.57. The number of amides is 3. The first-order valence-corrected chi connectivity index (χ1v) is 5.58. The van der Waals surface area contributed by atoms with Crippen molar-refractivity contribution in [2.45, 2.75) is 26.2 Å². The third kappa shape index (κ3) is 2.70. The number of rotatable bonds is 4. The number of aromatic nitrogens is 3. The van der Waals surface area contributed by atoms with Gasteiger partial charge in [0.1, 0.15) is 5.82 Å². The molecule has 8 heteroatoms. The summed E-state index contributed by atoms with van der Waals surface area (Å²) in [6.45, 7) is 1.82. The first-order valence-electron chi connectivity index (χ1n) is 5.58. The maximum atomic E-state index is 11.5. The van der Waals surface area contributed by atoms with E-state index in [2.05, 4.69) is 20.5 Å². The molecule has 96 valence electrons. The van der Waals surface area contributed by atoms with Gasteiger partial charge in [-0.2, -0.15) is 4.98 Å². The van der Waals surface area contributed by atoms with Gasteiger partial charge in [0.15, 0.2) is 0 Å². The number of aryl methyl sites for hydroxylation is 1. The minimum Gasteiger partial charge on any atom is -0.293 e. The number of hydrogen-bond donors (Lipinski definition) is 2. The molecule has 2 N–H and O–H groups in total. The molecule has 18 heavy (non-hydrogen) atoms. The fraction of sp³-hybridized carbons (Fsp3) is 0.500. The van der Waals surface area contributed by atoms with Crippen LogP contribution in [0.4, 0.5) is 5.95 Å². The number of imide groups is 1. The highest BCUT2D eigenvalue weighted by molar-refractivity contribution is 6.02.